The fourth-order valence-corrected chi connectivity index (χ4v) is 6.16. The van der Waals surface area contributed by atoms with E-state index >= 15 is 0 Å². The lowest BCUT2D eigenvalue weighted by Gasteiger charge is -2.43. The molecule has 0 amide bonds. The monoisotopic (exact) mass is 465 g/mol. The van der Waals surface area contributed by atoms with Gasteiger partial charge in [-0.15, -0.1) is 6.42 Å². The van der Waals surface area contributed by atoms with E-state index in [4.69, 9.17) is 21.9 Å². The molecule has 2 aromatic rings. The first-order valence-electron chi connectivity index (χ1n) is 10.8. The predicted molar refractivity (Wildman–Crippen MR) is 127 cm³/mol. The number of nitrogens with zero attached hydrogens (tertiary/aromatic N) is 2. The van der Waals surface area contributed by atoms with Crippen molar-refractivity contribution in [2.45, 2.75) is 49.8 Å². The zero-order valence-corrected chi connectivity index (χ0v) is 19.6. The molecular formula is C25H27N3O4S. The van der Waals surface area contributed by atoms with Gasteiger partial charge in [0.05, 0.1) is 11.9 Å². The molecule has 33 heavy (non-hydrogen) atoms. The number of terminal acetylenes is 1. The van der Waals surface area contributed by atoms with Gasteiger partial charge in [-0.3, -0.25) is 9.79 Å². The van der Waals surface area contributed by atoms with E-state index in [2.05, 4.69) is 10.9 Å². The number of benzene rings is 1. The van der Waals surface area contributed by atoms with Crippen LogP contribution in [0.4, 0.5) is 0 Å². The second-order valence-corrected chi connectivity index (χ2v) is 11.7. The van der Waals surface area contributed by atoms with Crippen molar-refractivity contribution in [2.75, 3.05) is 12.4 Å². The molecule has 1 aliphatic carbocycles. The summed E-state index contributed by atoms with van der Waals surface area (Å²) in [5, 5.41) is 0. The first-order chi connectivity index (χ1) is 15.6. The van der Waals surface area contributed by atoms with Crippen molar-refractivity contribution in [3.8, 4) is 18.1 Å². The minimum atomic E-state index is -3.51. The van der Waals surface area contributed by atoms with Crippen LogP contribution in [0.5, 0.6) is 5.75 Å². The van der Waals surface area contributed by atoms with Crippen molar-refractivity contribution in [3.63, 3.8) is 0 Å². The molecule has 172 valence electrons. The summed E-state index contributed by atoms with van der Waals surface area (Å²) in [4.78, 5) is 21.8. The molecule has 1 spiro atoms. The molecule has 0 radical (unpaired) electrons. The maximum Gasteiger partial charge on any atom is 0.185 e. The van der Waals surface area contributed by atoms with Crippen molar-refractivity contribution >= 4 is 21.5 Å². The molecule has 1 aliphatic heterocycles. The van der Waals surface area contributed by atoms with Gasteiger partial charge < -0.3 is 10.5 Å². The number of ketones is 1. The van der Waals surface area contributed by atoms with Gasteiger partial charge in [0.25, 0.3) is 0 Å². The Morgan fingerprint density at radius 2 is 2.06 bits per heavy atom. The van der Waals surface area contributed by atoms with Crippen LogP contribution in [0.2, 0.25) is 0 Å². The van der Waals surface area contributed by atoms with E-state index in [1.807, 2.05) is 18.2 Å². The summed E-state index contributed by atoms with van der Waals surface area (Å²) in [7, 11) is -3.51. The van der Waals surface area contributed by atoms with Crippen molar-refractivity contribution in [1.29, 1.82) is 0 Å². The summed E-state index contributed by atoms with van der Waals surface area (Å²) in [6.45, 7) is 3.33. The van der Waals surface area contributed by atoms with E-state index in [0.717, 1.165) is 29.5 Å². The predicted octanol–water partition coefficient (Wildman–Crippen LogP) is 2.61. The lowest BCUT2D eigenvalue weighted by molar-refractivity contribution is 0.0988. The Morgan fingerprint density at radius 1 is 1.27 bits per heavy atom. The molecule has 0 fully saturated rings. The summed E-state index contributed by atoms with van der Waals surface area (Å²) in [5.74, 6) is 2.78. The Labute approximate surface area is 194 Å². The summed E-state index contributed by atoms with van der Waals surface area (Å²) in [6.07, 6.45) is 9.06. The van der Waals surface area contributed by atoms with Crippen LogP contribution in [-0.4, -0.2) is 42.1 Å². The minimum absolute atomic E-state index is 0.0845. The number of hydrogen-bond acceptors (Lipinski definition) is 7. The molecular weight excluding hydrogens is 438 g/mol. The van der Waals surface area contributed by atoms with Gasteiger partial charge in [0, 0.05) is 6.42 Å². The number of amidine groups is 1. The van der Waals surface area contributed by atoms with E-state index in [0.29, 0.717) is 17.9 Å². The maximum atomic E-state index is 13.1. The molecule has 1 aromatic carbocycles. The highest BCUT2D eigenvalue weighted by Crippen LogP contribution is 2.44. The highest BCUT2D eigenvalue weighted by Gasteiger charge is 2.51. The number of aryl methyl sites for hydroxylation is 1. The molecule has 8 heteroatoms. The first kappa shape index (κ1) is 23.0. The van der Waals surface area contributed by atoms with Gasteiger partial charge in [-0.05, 0) is 61.9 Å². The third kappa shape index (κ3) is 4.13. The summed E-state index contributed by atoms with van der Waals surface area (Å²) in [6, 6.07) is 9.07. The number of ether oxygens (including phenoxy) is 1. The zero-order valence-electron chi connectivity index (χ0n) is 18.8. The van der Waals surface area contributed by atoms with Crippen LogP contribution >= 0.6 is 0 Å². The minimum Gasteiger partial charge on any atom is -0.479 e. The Balaban J connectivity index is 1.64. The fourth-order valence-electron chi connectivity index (χ4n) is 4.44. The van der Waals surface area contributed by atoms with Crippen LogP contribution in [0.25, 0.3) is 0 Å². The van der Waals surface area contributed by atoms with Crippen LogP contribution in [0.3, 0.4) is 0 Å². The number of carbonyl (C=O) groups excluding carboxylic acids is 1. The van der Waals surface area contributed by atoms with Crippen LogP contribution in [0, 0.1) is 12.3 Å². The number of carbonyl (C=O) groups is 1. The van der Waals surface area contributed by atoms with Crippen LogP contribution in [-0.2, 0) is 28.2 Å². The topological polar surface area (TPSA) is 112 Å². The first-order valence-corrected chi connectivity index (χ1v) is 12.5. The van der Waals surface area contributed by atoms with Crippen molar-refractivity contribution in [2.24, 2.45) is 10.7 Å². The zero-order chi connectivity index (χ0) is 23.9. The summed E-state index contributed by atoms with van der Waals surface area (Å²) >= 11 is 0. The normalized spacial score (nSPS) is 22.6. The molecule has 0 unspecified atom stereocenters. The van der Waals surface area contributed by atoms with Gasteiger partial charge in [-0.2, -0.15) is 0 Å². The number of aliphatic imine (C=N–C) groups is 1. The molecule has 1 atom stereocenters. The van der Waals surface area contributed by atoms with Gasteiger partial charge in [0.2, 0.25) is 0 Å². The Bertz CT molecular complexity index is 1270. The van der Waals surface area contributed by atoms with Gasteiger partial charge in [0.15, 0.2) is 15.6 Å². The third-order valence-electron chi connectivity index (χ3n) is 6.58. The quantitative estimate of drug-likeness (QED) is 0.537. The van der Waals surface area contributed by atoms with Crippen LogP contribution in [0.1, 0.15) is 53.9 Å². The molecule has 0 saturated heterocycles. The average molecular weight is 466 g/mol. The largest absolute Gasteiger partial charge is 0.479 e. The lowest BCUT2D eigenvalue weighted by atomic mass is 9.76. The summed E-state index contributed by atoms with van der Waals surface area (Å²) in [5.41, 5.74) is 8.28. The van der Waals surface area contributed by atoms with Gasteiger partial charge in [0.1, 0.15) is 34.2 Å². The Hall–Kier alpha value is -3.18. The van der Waals surface area contributed by atoms with Gasteiger partial charge >= 0.3 is 0 Å². The van der Waals surface area contributed by atoms with Gasteiger partial charge in [-0.25, -0.2) is 13.4 Å². The molecule has 0 bridgehead atoms. The lowest BCUT2D eigenvalue weighted by Crippen LogP contribution is -2.56. The Kier molecular flexibility index (Phi) is 5.79. The molecule has 7 nitrogen and oxygen atoms in total. The molecule has 0 saturated carbocycles. The van der Waals surface area contributed by atoms with E-state index < -0.39 is 20.1 Å². The van der Waals surface area contributed by atoms with E-state index in [1.54, 1.807) is 26.0 Å². The van der Waals surface area contributed by atoms with E-state index in [-0.39, 0.29) is 30.4 Å². The highest BCUT2D eigenvalue weighted by molar-refractivity contribution is 7.93. The number of fused-ring (bicyclic) bond motifs is 2. The smallest absolute Gasteiger partial charge is 0.185 e. The Morgan fingerprint density at radius 3 is 2.73 bits per heavy atom. The second-order valence-electron chi connectivity index (χ2n) is 9.11. The standard InChI is InChI=1S/C25H27N3O4S/c1-4-12-32-19-9-10-21(27-15-19)22(29)14-17-7-8-18-6-5-11-25(20(18)13-17)16-33(30,31)24(2,3)23(26)28-25/h1,7-10,13,15H,5-6,11-12,14,16H2,2-3H3,(H2,26,28)/t25-/m0/s1. The van der Waals surface area contributed by atoms with E-state index in [9.17, 15) is 13.2 Å². The maximum absolute atomic E-state index is 13.1. The molecule has 2 N–H and O–H groups in total. The fraction of sp³-hybridized carbons (Fsp3) is 0.400. The molecule has 4 rings (SSSR count). The number of sulfone groups is 1. The van der Waals surface area contributed by atoms with Gasteiger partial charge in [-0.1, -0.05) is 24.1 Å². The number of Topliss-reactive ketones (excluding diaryl/α,β-unsaturated/α-hetero) is 1. The number of pyridine rings is 1. The second kappa shape index (κ2) is 8.31. The van der Waals surface area contributed by atoms with Crippen molar-refractivity contribution in [1.82, 2.24) is 4.98 Å². The number of hydrogen-bond donors (Lipinski definition) is 1. The summed E-state index contributed by atoms with van der Waals surface area (Å²) < 4.78 is 30.3. The number of rotatable bonds is 5. The van der Waals surface area contributed by atoms with Crippen LogP contribution in [0.15, 0.2) is 41.5 Å². The number of nitrogens with two attached hydrogens (primary N) is 1. The SMILES string of the molecule is C#CCOc1ccc(C(=O)Cc2ccc3c(c2)[C@]2(CCC3)CS(=O)(=O)C(C)(C)C(N)=N2)nc1. The molecule has 2 heterocycles. The number of aromatic nitrogens is 1. The van der Waals surface area contributed by atoms with Crippen molar-refractivity contribution in [3.05, 3.63) is 58.9 Å². The van der Waals surface area contributed by atoms with Crippen molar-refractivity contribution < 1.29 is 17.9 Å². The van der Waals surface area contributed by atoms with Crippen LogP contribution < -0.4 is 10.5 Å². The molecule has 1 aromatic heterocycles. The average Bonchev–Trinajstić information content (AvgIpc) is 2.77. The molecule has 2 aliphatic rings. The third-order valence-corrected chi connectivity index (χ3v) is 9.20. The highest BCUT2D eigenvalue weighted by atomic mass is 32.2. The van der Waals surface area contributed by atoms with E-state index in [1.165, 1.54) is 6.20 Å².